The average molecular weight is 341 g/mol. The molecule has 1 saturated heterocycles. The number of carbonyl (C=O) groups excluding carboxylic acids is 1. The predicted octanol–water partition coefficient (Wildman–Crippen LogP) is 2.70. The molecule has 2 amide bonds. The molecule has 0 bridgehead atoms. The molecule has 2 N–H and O–H groups in total. The summed E-state index contributed by atoms with van der Waals surface area (Å²) in [5, 5.41) is 16.5. The number of hydrogen-bond acceptors (Lipinski definition) is 5. The molecular formula is C17H19N5O3. The van der Waals surface area contributed by atoms with Gasteiger partial charge in [-0.3, -0.25) is 10.1 Å². The third-order valence-electron chi connectivity index (χ3n) is 4.15. The van der Waals surface area contributed by atoms with Gasteiger partial charge in [0.25, 0.3) is 5.69 Å². The van der Waals surface area contributed by atoms with Gasteiger partial charge in [0.2, 0.25) is 0 Å². The van der Waals surface area contributed by atoms with Crippen molar-refractivity contribution in [2.24, 2.45) is 0 Å². The summed E-state index contributed by atoms with van der Waals surface area (Å²) in [6, 6.07) is 9.97. The zero-order chi connectivity index (χ0) is 17.8. The SMILES string of the molecule is Cc1cc(NC(=O)NC2CCN(c3ccccn3)C2)ccc1[N+](=O)[O-]. The molecule has 1 aromatic heterocycles. The van der Waals surface area contributed by atoms with E-state index in [1.807, 2.05) is 18.2 Å². The minimum atomic E-state index is -0.441. The maximum Gasteiger partial charge on any atom is 0.319 e. The minimum Gasteiger partial charge on any atom is -0.354 e. The smallest absolute Gasteiger partial charge is 0.319 e. The highest BCUT2D eigenvalue weighted by molar-refractivity contribution is 5.89. The van der Waals surface area contributed by atoms with Crippen molar-refractivity contribution < 1.29 is 9.72 Å². The number of nitrogens with one attached hydrogen (secondary N) is 2. The Hall–Kier alpha value is -3.16. The molecule has 0 aliphatic carbocycles. The molecule has 130 valence electrons. The van der Waals surface area contributed by atoms with Crippen molar-refractivity contribution in [1.29, 1.82) is 0 Å². The van der Waals surface area contributed by atoms with Gasteiger partial charge in [-0.1, -0.05) is 6.07 Å². The van der Waals surface area contributed by atoms with Gasteiger partial charge in [-0.25, -0.2) is 9.78 Å². The van der Waals surface area contributed by atoms with Gasteiger partial charge in [0.1, 0.15) is 5.82 Å². The molecule has 1 aromatic carbocycles. The normalized spacial score (nSPS) is 16.5. The fourth-order valence-corrected chi connectivity index (χ4v) is 2.92. The number of benzene rings is 1. The monoisotopic (exact) mass is 341 g/mol. The first-order chi connectivity index (χ1) is 12.0. The van der Waals surface area contributed by atoms with Crippen molar-refractivity contribution in [3.8, 4) is 0 Å². The molecule has 8 nitrogen and oxygen atoms in total. The van der Waals surface area contributed by atoms with Crippen LogP contribution in [-0.2, 0) is 0 Å². The van der Waals surface area contributed by atoms with Gasteiger partial charge in [0.05, 0.1) is 4.92 Å². The third-order valence-corrected chi connectivity index (χ3v) is 4.15. The fourth-order valence-electron chi connectivity index (χ4n) is 2.92. The van der Waals surface area contributed by atoms with Crippen LogP contribution in [0.2, 0.25) is 0 Å². The van der Waals surface area contributed by atoms with Gasteiger partial charge in [-0.05, 0) is 37.6 Å². The number of pyridine rings is 1. The van der Waals surface area contributed by atoms with Gasteiger partial charge in [-0.15, -0.1) is 0 Å². The van der Waals surface area contributed by atoms with Crippen molar-refractivity contribution >= 4 is 23.2 Å². The lowest BCUT2D eigenvalue weighted by Crippen LogP contribution is -2.39. The first-order valence-electron chi connectivity index (χ1n) is 8.01. The molecule has 1 fully saturated rings. The number of nitro benzene ring substituents is 1. The summed E-state index contributed by atoms with van der Waals surface area (Å²) in [4.78, 5) is 29.0. The Morgan fingerprint density at radius 2 is 2.20 bits per heavy atom. The van der Waals surface area contributed by atoms with Crippen LogP contribution in [0.1, 0.15) is 12.0 Å². The van der Waals surface area contributed by atoms with E-state index in [1.54, 1.807) is 19.2 Å². The van der Waals surface area contributed by atoms with E-state index in [0.717, 1.165) is 18.8 Å². The van der Waals surface area contributed by atoms with Crippen molar-refractivity contribution in [3.05, 3.63) is 58.3 Å². The number of carbonyl (C=O) groups is 1. The van der Waals surface area contributed by atoms with E-state index in [4.69, 9.17) is 0 Å². The molecule has 2 aromatic rings. The van der Waals surface area contributed by atoms with E-state index in [-0.39, 0.29) is 17.8 Å². The molecule has 0 saturated carbocycles. The summed E-state index contributed by atoms with van der Waals surface area (Å²) in [6.07, 6.45) is 2.59. The van der Waals surface area contributed by atoms with Crippen molar-refractivity contribution in [1.82, 2.24) is 10.3 Å². The zero-order valence-corrected chi connectivity index (χ0v) is 13.8. The van der Waals surface area contributed by atoms with Crippen LogP contribution in [0.5, 0.6) is 0 Å². The number of amides is 2. The number of nitrogens with zero attached hydrogens (tertiary/aromatic N) is 3. The molecule has 1 aliphatic heterocycles. The van der Waals surface area contributed by atoms with Crippen molar-refractivity contribution in [2.75, 3.05) is 23.3 Å². The standard InChI is InChI=1S/C17H19N5O3/c1-12-10-13(5-6-15(12)22(24)25)19-17(23)20-14-7-9-21(11-14)16-4-2-3-8-18-16/h2-6,8,10,14H,7,9,11H2,1H3,(H2,19,20,23). The molecular weight excluding hydrogens is 322 g/mol. The second-order valence-electron chi connectivity index (χ2n) is 5.98. The van der Waals surface area contributed by atoms with E-state index in [0.29, 0.717) is 17.8 Å². The number of rotatable bonds is 4. The Bertz CT molecular complexity index is 781. The molecule has 1 atom stereocenters. The maximum atomic E-state index is 12.2. The molecule has 1 aliphatic rings. The summed E-state index contributed by atoms with van der Waals surface area (Å²) in [6.45, 7) is 3.17. The lowest BCUT2D eigenvalue weighted by Gasteiger charge is -2.18. The predicted molar refractivity (Wildman–Crippen MR) is 94.8 cm³/mol. The average Bonchev–Trinajstić information content (AvgIpc) is 3.03. The second kappa shape index (κ2) is 7.16. The van der Waals surface area contributed by atoms with E-state index < -0.39 is 4.92 Å². The van der Waals surface area contributed by atoms with Crippen LogP contribution in [0.25, 0.3) is 0 Å². The van der Waals surface area contributed by atoms with Crippen LogP contribution < -0.4 is 15.5 Å². The Kier molecular flexibility index (Phi) is 4.78. The van der Waals surface area contributed by atoms with Crippen molar-refractivity contribution in [3.63, 3.8) is 0 Å². The van der Waals surface area contributed by atoms with E-state index in [2.05, 4.69) is 20.5 Å². The largest absolute Gasteiger partial charge is 0.354 e. The second-order valence-corrected chi connectivity index (χ2v) is 5.98. The van der Waals surface area contributed by atoms with Gasteiger partial charge in [-0.2, -0.15) is 0 Å². The topological polar surface area (TPSA) is 100 Å². The molecule has 0 radical (unpaired) electrons. The van der Waals surface area contributed by atoms with Crippen LogP contribution in [0.3, 0.4) is 0 Å². The number of nitro groups is 1. The summed E-state index contributed by atoms with van der Waals surface area (Å²) in [7, 11) is 0. The van der Waals surface area contributed by atoms with Gasteiger partial charge < -0.3 is 15.5 Å². The van der Waals surface area contributed by atoms with E-state index in [1.165, 1.54) is 12.1 Å². The lowest BCUT2D eigenvalue weighted by molar-refractivity contribution is -0.385. The Labute approximate surface area is 145 Å². The number of aromatic nitrogens is 1. The van der Waals surface area contributed by atoms with E-state index >= 15 is 0 Å². The summed E-state index contributed by atoms with van der Waals surface area (Å²) in [5.41, 5.74) is 1.07. The maximum absolute atomic E-state index is 12.2. The summed E-state index contributed by atoms with van der Waals surface area (Å²) < 4.78 is 0. The number of anilines is 2. The van der Waals surface area contributed by atoms with Gasteiger partial charge >= 0.3 is 6.03 Å². The Morgan fingerprint density at radius 3 is 2.88 bits per heavy atom. The summed E-state index contributed by atoms with van der Waals surface area (Å²) >= 11 is 0. The van der Waals surface area contributed by atoms with Crippen LogP contribution in [0.15, 0.2) is 42.6 Å². The highest BCUT2D eigenvalue weighted by atomic mass is 16.6. The number of hydrogen-bond donors (Lipinski definition) is 2. The highest BCUT2D eigenvalue weighted by Gasteiger charge is 2.24. The van der Waals surface area contributed by atoms with Crippen LogP contribution in [0.4, 0.5) is 22.0 Å². The minimum absolute atomic E-state index is 0.0288. The molecule has 3 rings (SSSR count). The fraction of sp³-hybridized carbons (Fsp3) is 0.294. The number of urea groups is 1. The molecule has 1 unspecified atom stereocenters. The first-order valence-corrected chi connectivity index (χ1v) is 8.01. The molecule has 8 heteroatoms. The highest BCUT2D eigenvalue weighted by Crippen LogP contribution is 2.22. The van der Waals surface area contributed by atoms with Crippen molar-refractivity contribution in [2.45, 2.75) is 19.4 Å². The third kappa shape index (κ3) is 4.03. The zero-order valence-electron chi connectivity index (χ0n) is 13.8. The van der Waals surface area contributed by atoms with Crippen LogP contribution in [-0.4, -0.2) is 35.1 Å². The Balaban J connectivity index is 1.55. The first kappa shape index (κ1) is 16.7. The molecule has 25 heavy (non-hydrogen) atoms. The molecule has 0 spiro atoms. The lowest BCUT2D eigenvalue weighted by atomic mass is 10.2. The number of aryl methyl sites for hydroxylation is 1. The molecule has 2 heterocycles. The Morgan fingerprint density at radius 1 is 1.36 bits per heavy atom. The van der Waals surface area contributed by atoms with Gasteiger partial charge in [0, 0.05) is 42.6 Å². The van der Waals surface area contributed by atoms with Crippen LogP contribution in [0, 0.1) is 17.0 Å². The van der Waals surface area contributed by atoms with Crippen LogP contribution >= 0.6 is 0 Å². The van der Waals surface area contributed by atoms with E-state index in [9.17, 15) is 14.9 Å². The summed E-state index contributed by atoms with van der Waals surface area (Å²) in [5.74, 6) is 0.901. The quantitative estimate of drug-likeness (QED) is 0.658. The van der Waals surface area contributed by atoms with Gasteiger partial charge in [0.15, 0.2) is 0 Å².